The molecule has 0 radical (unpaired) electrons. The molecule has 0 fully saturated rings. The summed E-state index contributed by atoms with van der Waals surface area (Å²) in [6.45, 7) is 4.76. The third kappa shape index (κ3) is 3.67. The fraction of sp³-hybridized carbons (Fsp3) is 0.357. The molecule has 2 aromatic rings. The first-order chi connectivity index (χ1) is 10.9. The molecule has 0 aliphatic heterocycles. The normalized spacial score (nSPS) is 11.3. The van der Waals surface area contributed by atoms with E-state index in [9.17, 15) is 13.2 Å². The molecule has 0 saturated heterocycles. The number of anilines is 2. The highest BCUT2D eigenvalue weighted by molar-refractivity contribution is 7.92. The molecule has 0 unspecified atom stereocenters. The molecule has 1 aromatic heterocycles. The van der Waals surface area contributed by atoms with E-state index < -0.39 is 10.0 Å². The summed E-state index contributed by atoms with van der Waals surface area (Å²) in [5.41, 5.74) is 0.406. The van der Waals surface area contributed by atoms with Crippen LogP contribution in [-0.4, -0.2) is 53.5 Å². The Bertz CT molecular complexity index is 769. The summed E-state index contributed by atoms with van der Waals surface area (Å²) in [6.07, 6.45) is 2.28. The molecule has 124 valence electrons. The van der Waals surface area contributed by atoms with Gasteiger partial charge in [-0.05, 0) is 26.0 Å². The summed E-state index contributed by atoms with van der Waals surface area (Å²) in [5.74, 6) is -0.0702. The standard InChI is InChI=1S/C14H19N5O3S/c1-4-17(5-2)14(20)18-11-15-13(16-18)19(23(3,21)22)12-9-7-6-8-10-12/h6-11H,4-5H2,1-3H3. The lowest BCUT2D eigenvalue weighted by Crippen LogP contribution is -2.35. The smallest absolute Gasteiger partial charge is 0.323 e. The Labute approximate surface area is 135 Å². The van der Waals surface area contributed by atoms with Crippen LogP contribution in [0, 0.1) is 0 Å². The van der Waals surface area contributed by atoms with Gasteiger partial charge in [0.1, 0.15) is 6.33 Å². The van der Waals surface area contributed by atoms with E-state index >= 15 is 0 Å². The van der Waals surface area contributed by atoms with Gasteiger partial charge in [0, 0.05) is 13.1 Å². The van der Waals surface area contributed by atoms with Crippen LogP contribution in [0.15, 0.2) is 36.7 Å². The minimum Gasteiger partial charge on any atom is -0.323 e. The number of benzene rings is 1. The van der Waals surface area contributed by atoms with Crippen LogP contribution >= 0.6 is 0 Å². The van der Waals surface area contributed by atoms with Gasteiger partial charge in [-0.15, -0.1) is 5.10 Å². The average molecular weight is 337 g/mol. The van der Waals surface area contributed by atoms with Crippen LogP contribution in [-0.2, 0) is 10.0 Å². The molecule has 1 amide bonds. The molecular formula is C14H19N5O3S. The van der Waals surface area contributed by atoms with Crippen molar-refractivity contribution >= 4 is 27.7 Å². The Kier molecular flexibility index (Phi) is 4.99. The molecule has 1 heterocycles. The van der Waals surface area contributed by atoms with Crippen molar-refractivity contribution < 1.29 is 13.2 Å². The maximum Gasteiger partial charge on any atom is 0.346 e. The zero-order chi connectivity index (χ0) is 17.0. The molecule has 0 N–H and O–H groups in total. The number of carbonyl (C=O) groups is 1. The molecule has 1 aromatic carbocycles. The summed E-state index contributed by atoms with van der Waals surface area (Å²) in [5, 5.41) is 4.03. The van der Waals surface area contributed by atoms with E-state index in [1.165, 1.54) is 6.33 Å². The number of rotatable bonds is 5. The van der Waals surface area contributed by atoms with E-state index in [4.69, 9.17) is 0 Å². The molecular weight excluding hydrogens is 318 g/mol. The molecule has 23 heavy (non-hydrogen) atoms. The zero-order valence-corrected chi connectivity index (χ0v) is 14.1. The van der Waals surface area contributed by atoms with Gasteiger partial charge in [-0.25, -0.2) is 17.5 Å². The van der Waals surface area contributed by atoms with Crippen molar-refractivity contribution in [1.29, 1.82) is 0 Å². The van der Waals surface area contributed by atoms with Crippen molar-refractivity contribution in [3.63, 3.8) is 0 Å². The highest BCUT2D eigenvalue weighted by atomic mass is 32.2. The molecule has 0 spiro atoms. The highest BCUT2D eigenvalue weighted by Crippen LogP contribution is 2.24. The molecule has 0 aliphatic carbocycles. The van der Waals surface area contributed by atoms with E-state index in [-0.39, 0.29) is 12.0 Å². The predicted octanol–water partition coefficient (Wildman–Crippen LogP) is 1.69. The lowest BCUT2D eigenvalue weighted by molar-refractivity contribution is 0.201. The number of para-hydroxylation sites is 1. The first-order valence-corrected chi connectivity index (χ1v) is 8.99. The third-order valence-corrected chi connectivity index (χ3v) is 4.25. The van der Waals surface area contributed by atoms with Gasteiger partial charge in [0.05, 0.1) is 11.9 Å². The topological polar surface area (TPSA) is 88.4 Å². The molecule has 9 heteroatoms. The number of sulfonamides is 1. The van der Waals surface area contributed by atoms with Crippen molar-refractivity contribution in [3.8, 4) is 0 Å². The van der Waals surface area contributed by atoms with Crippen molar-refractivity contribution in [1.82, 2.24) is 19.7 Å². The molecule has 0 bridgehead atoms. The van der Waals surface area contributed by atoms with Gasteiger partial charge in [0.15, 0.2) is 0 Å². The first kappa shape index (κ1) is 16.9. The van der Waals surface area contributed by atoms with Gasteiger partial charge in [-0.2, -0.15) is 9.67 Å². The van der Waals surface area contributed by atoms with Crippen LogP contribution in [0.3, 0.4) is 0 Å². The number of amides is 1. The lowest BCUT2D eigenvalue weighted by Gasteiger charge is -2.19. The molecule has 0 atom stereocenters. The average Bonchev–Trinajstić information content (AvgIpc) is 2.97. The Hall–Kier alpha value is -2.42. The van der Waals surface area contributed by atoms with Gasteiger partial charge < -0.3 is 4.90 Å². The van der Waals surface area contributed by atoms with Crippen LogP contribution in [0.4, 0.5) is 16.4 Å². The maximum atomic E-state index is 12.2. The number of hydrogen-bond donors (Lipinski definition) is 0. The van der Waals surface area contributed by atoms with E-state index in [1.54, 1.807) is 35.2 Å². The first-order valence-electron chi connectivity index (χ1n) is 7.14. The van der Waals surface area contributed by atoms with Crippen LogP contribution < -0.4 is 4.31 Å². The lowest BCUT2D eigenvalue weighted by atomic mass is 10.3. The van der Waals surface area contributed by atoms with Crippen LogP contribution in [0.5, 0.6) is 0 Å². The zero-order valence-electron chi connectivity index (χ0n) is 13.2. The van der Waals surface area contributed by atoms with Crippen molar-refractivity contribution in [3.05, 3.63) is 36.7 Å². The summed E-state index contributed by atoms with van der Waals surface area (Å²) in [7, 11) is -3.64. The summed E-state index contributed by atoms with van der Waals surface area (Å²) in [4.78, 5) is 17.8. The van der Waals surface area contributed by atoms with Crippen LogP contribution in [0.25, 0.3) is 0 Å². The number of nitrogens with zero attached hydrogens (tertiary/aromatic N) is 5. The molecule has 8 nitrogen and oxygen atoms in total. The summed E-state index contributed by atoms with van der Waals surface area (Å²) < 4.78 is 26.2. The fourth-order valence-corrected chi connectivity index (χ4v) is 2.98. The van der Waals surface area contributed by atoms with Gasteiger partial charge in [0.25, 0.3) is 5.95 Å². The highest BCUT2D eigenvalue weighted by Gasteiger charge is 2.25. The predicted molar refractivity (Wildman–Crippen MR) is 87.2 cm³/mol. The Balaban J connectivity index is 2.42. The van der Waals surface area contributed by atoms with Gasteiger partial charge in [-0.3, -0.25) is 0 Å². The molecule has 2 rings (SSSR count). The van der Waals surface area contributed by atoms with Gasteiger partial charge >= 0.3 is 6.03 Å². The summed E-state index contributed by atoms with van der Waals surface area (Å²) >= 11 is 0. The molecule has 0 aliphatic rings. The monoisotopic (exact) mass is 337 g/mol. The fourth-order valence-electron chi connectivity index (χ4n) is 2.10. The number of hydrogen-bond acceptors (Lipinski definition) is 5. The minimum atomic E-state index is -3.64. The Morgan fingerprint density at radius 2 is 1.78 bits per heavy atom. The third-order valence-electron chi connectivity index (χ3n) is 3.21. The minimum absolute atomic E-state index is 0.0702. The van der Waals surface area contributed by atoms with E-state index in [2.05, 4.69) is 10.1 Å². The second kappa shape index (κ2) is 6.78. The Morgan fingerprint density at radius 1 is 1.17 bits per heavy atom. The van der Waals surface area contributed by atoms with E-state index in [1.807, 2.05) is 13.8 Å². The summed E-state index contributed by atoms with van der Waals surface area (Å²) in [6, 6.07) is 8.12. The number of aromatic nitrogens is 3. The van der Waals surface area contributed by atoms with E-state index in [0.29, 0.717) is 18.8 Å². The SMILES string of the molecule is CCN(CC)C(=O)n1cnc(N(c2ccccc2)S(C)(=O)=O)n1. The van der Waals surface area contributed by atoms with Gasteiger partial charge in [-0.1, -0.05) is 18.2 Å². The van der Waals surface area contributed by atoms with Crippen molar-refractivity contribution in [2.75, 3.05) is 23.7 Å². The van der Waals surface area contributed by atoms with Crippen molar-refractivity contribution in [2.24, 2.45) is 0 Å². The maximum absolute atomic E-state index is 12.2. The second-order valence-corrected chi connectivity index (χ2v) is 6.64. The molecule has 0 saturated carbocycles. The quantitative estimate of drug-likeness (QED) is 0.828. The van der Waals surface area contributed by atoms with Gasteiger partial charge in [0.2, 0.25) is 10.0 Å². The van der Waals surface area contributed by atoms with Crippen LogP contribution in [0.1, 0.15) is 13.8 Å². The van der Waals surface area contributed by atoms with Crippen LogP contribution in [0.2, 0.25) is 0 Å². The van der Waals surface area contributed by atoms with Crippen molar-refractivity contribution in [2.45, 2.75) is 13.8 Å². The Morgan fingerprint density at radius 3 is 2.30 bits per heavy atom. The van der Waals surface area contributed by atoms with E-state index in [0.717, 1.165) is 15.2 Å². The largest absolute Gasteiger partial charge is 0.346 e. The second-order valence-electron chi connectivity index (χ2n) is 4.81. The number of carbonyl (C=O) groups excluding carboxylic acids is 1.